The fraction of sp³-hybridized carbons (Fsp3) is 1.00. The van der Waals surface area contributed by atoms with Crippen LogP contribution in [0.15, 0.2) is 0 Å². The van der Waals surface area contributed by atoms with Crippen LogP contribution in [0.2, 0.25) is 0 Å². The summed E-state index contributed by atoms with van der Waals surface area (Å²) in [5.41, 5.74) is 0. The van der Waals surface area contributed by atoms with Crippen LogP contribution in [0, 0.1) is 0 Å². The Hall–Kier alpha value is 0.439. The quantitative estimate of drug-likeness (QED) is 0.382. The van der Waals surface area contributed by atoms with E-state index in [4.69, 9.17) is 5.11 Å². The van der Waals surface area contributed by atoms with Crippen molar-refractivity contribution in [3.05, 3.63) is 0 Å². The smallest absolute Gasteiger partial charge is 0.0951 e. The predicted octanol–water partition coefficient (Wildman–Crippen LogP) is -0.505. The van der Waals surface area contributed by atoms with Gasteiger partial charge >= 0.3 is 0 Å². The van der Waals surface area contributed by atoms with Gasteiger partial charge in [0.05, 0.1) is 6.73 Å². The van der Waals surface area contributed by atoms with Gasteiger partial charge in [0.2, 0.25) is 0 Å². The Bertz CT molecular complexity index is 24.8. The second-order valence-electron chi connectivity index (χ2n) is 1.22. The first-order valence-electron chi connectivity index (χ1n) is 1.53. The minimum atomic E-state index is 0. The van der Waals surface area contributed by atoms with Gasteiger partial charge in [-0.1, -0.05) is 0 Å². The van der Waals surface area contributed by atoms with Crippen LogP contribution in [0.5, 0.6) is 0 Å². The SMILES string of the molecule is CN(C)CO.[Fe]. The first kappa shape index (κ1) is 9.67. The van der Waals surface area contributed by atoms with Crippen molar-refractivity contribution in [2.45, 2.75) is 0 Å². The molecule has 0 fully saturated rings. The van der Waals surface area contributed by atoms with E-state index in [0.29, 0.717) is 0 Å². The molecule has 0 aromatic carbocycles. The third-order valence-corrected chi connectivity index (χ3v) is 0.283. The molecular weight excluding hydrogens is 122 g/mol. The molecule has 0 aliphatic rings. The Morgan fingerprint density at radius 2 is 1.67 bits per heavy atom. The van der Waals surface area contributed by atoms with Crippen molar-refractivity contribution >= 4 is 0 Å². The zero-order valence-corrected chi connectivity index (χ0v) is 5.06. The summed E-state index contributed by atoms with van der Waals surface area (Å²) in [6, 6.07) is 0. The normalized spacial score (nSPS) is 8.00. The first-order chi connectivity index (χ1) is 2.27. The summed E-state index contributed by atoms with van der Waals surface area (Å²) in [5, 5.41) is 8.07. The molecule has 0 aromatic heterocycles. The summed E-state index contributed by atoms with van der Waals surface area (Å²) >= 11 is 0. The Morgan fingerprint density at radius 1 is 1.50 bits per heavy atom. The van der Waals surface area contributed by atoms with Gasteiger partial charge in [0, 0.05) is 17.1 Å². The maximum Gasteiger partial charge on any atom is 0.0951 e. The Balaban J connectivity index is 0. The molecule has 0 saturated carbocycles. The van der Waals surface area contributed by atoms with Crippen molar-refractivity contribution in [2.75, 3.05) is 20.8 Å². The van der Waals surface area contributed by atoms with Crippen LogP contribution in [-0.4, -0.2) is 30.8 Å². The largest absolute Gasteiger partial charge is 0.381 e. The molecule has 0 bridgehead atoms. The van der Waals surface area contributed by atoms with Crippen molar-refractivity contribution in [3.63, 3.8) is 0 Å². The van der Waals surface area contributed by atoms with Gasteiger partial charge in [0.1, 0.15) is 0 Å². The Morgan fingerprint density at radius 3 is 1.67 bits per heavy atom. The molecule has 40 valence electrons. The summed E-state index contributed by atoms with van der Waals surface area (Å²) in [6.45, 7) is 0.139. The standard InChI is InChI=1S/C3H9NO.Fe/c1-4(2)3-5;/h5H,3H2,1-2H3;. The predicted molar refractivity (Wildman–Crippen MR) is 20.8 cm³/mol. The van der Waals surface area contributed by atoms with Crippen LogP contribution in [0.25, 0.3) is 0 Å². The van der Waals surface area contributed by atoms with Gasteiger partial charge in [0.25, 0.3) is 0 Å². The number of hydrogen-bond donors (Lipinski definition) is 1. The Labute approximate surface area is 48.6 Å². The zero-order valence-electron chi connectivity index (χ0n) is 3.96. The molecule has 0 amide bonds. The van der Waals surface area contributed by atoms with Gasteiger partial charge in [-0.05, 0) is 14.1 Å². The topological polar surface area (TPSA) is 23.5 Å². The number of aliphatic hydroxyl groups is 1. The van der Waals surface area contributed by atoms with E-state index in [1.54, 1.807) is 19.0 Å². The fourth-order valence-corrected chi connectivity index (χ4v) is 0. The molecule has 0 saturated heterocycles. The van der Waals surface area contributed by atoms with Crippen LogP contribution < -0.4 is 0 Å². The van der Waals surface area contributed by atoms with Gasteiger partial charge in [-0.15, -0.1) is 0 Å². The van der Waals surface area contributed by atoms with Crippen LogP contribution in [0.1, 0.15) is 0 Å². The van der Waals surface area contributed by atoms with Crippen molar-refractivity contribution in [2.24, 2.45) is 0 Å². The summed E-state index contributed by atoms with van der Waals surface area (Å²) in [7, 11) is 3.61. The van der Waals surface area contributed by atoms with E-state index in [2.05, 4.69) is 0 Å². The van der Waals surface area contributed by atoms with Crippen molar-refractivity contribution in [3.8, 4) is 0 Å². The summed E-state index contributed by atoms with van der Waals surface area (Å²) < 4.78 is 0. The van der Waals surface area contributed by atoms with Crippen molar-refractivity contribution in [1.82, 2.24) is 4.90 Å². The van der Waals surface area contributed by atoms with Gasteiger partial charge in [-0.2, -0.15) is 0 Å². The maximum absolute atomic E-state index is 8.07. The molecule has 0 aliphatic carbocycles. The third kappa shape index (κ3) is 8.83. The molecule has 0 atom stereocenters. The second kappa shape index (κ2) is 5.44. The van der Waals surface area contributed by atoms with Gasteiger partial charge in [0.15, 0.2) is 0 Å². The van der Waals surface area contributed by atoms with Crippen molar-refractivity contribution < 1.29 is 22.2 Å². The molecule has 1 N–H and O–H groups in total. The molecule has 3 heteroatoms. The summed E-state index contributed by atoms with van der Waals surface area (Å²) in [6.07, 6.45) is 0. The molecule has 0 unspecified atom stereocenters. The average Bonchev–Trinajstić information content (AvgIpc) is 1.38. The van der Waals surface area contributed by atoms with E-state index in [9.17, 15) is 0 Å². The maximum atomic E-state index is 8.07. The molecule has 6 heavy (non-hydrogen) atoms. The molecule has 0 heterocycles. The molecule has 0 aliphatic heterocycles. The van der Waals surface area contributed by atoms with E-state index < -0.39 is 0 Å². The van der Waals surface area contributed by atoms with Gasteiger partial charge in [-0.3, -0.25) is 4.90 Å². The number of hydrogen-bond acceptors (Lipinski definition) is 2. The van der Waals surface area contributed by atoms with Crippen LogP contribution in [-0.2, 0) is 17.1 Å². The third-order valence-electron chi connectivity index (χ3n) is 0.283. The second-order valence-corrected chi connectivity index (χ2v) is 1.22. The number of aliphatic hydroxyl groups excluding tert-OH is 1. The first-order valence-corrected chi connectivity index (χ1v) is 1.53. The van der Waals surface area contributed by atoms with E-state index in [1.165, 1.54) is 0 Å². The monoisotopic (exact) mass is 131 g/mol. The van der Waals surface area contributed by atoms with Crippen LogP contribution in [0.3, 0.4) is 0 Å². The van der Waals surface area contributed by atoms with Crippen molar-refractivity contribution in [1.29, 1.82) is 0 Å². The molecule has 2 nitrogen and oxygen atoms in total. The van der Waals surface area contributed by atoms with E-state index in [-0.39, 0.29) is 23.8 Å². The minimum Gasteiger partial charge on any atom is -0.381 e. The van der Waals surface area contributed by atoms with Gasteiger partial charge in [-0.25, -0.2) is 0 Å². The summed E-state index contributed by atoms with van der Waals surface area (Å²) in [4.78, 5) is 1.68. The number of rotatable bonds is 1. The molecule has 0 rings (SSSR count). The van der Waals surface area contributed by atoms with Crippen LogP contribution >= 0.6 is 0 Å². The molecule has 0 spiro atoms. The van der Waals surface area contributed by atoms with Gasteiger partial charge < -0.3 is 5.11 Å². The molecular formula is C3H9FeNO. The van der Waals surface area contributed by atoms with E-state index in [0.717, 1.165) is 0 Å². The molecule has 0 radical (unpaired) electrons. The average molecular weight is 131 g/mol. The van der Waals surface area contributed by atoms with Crippen LogP contribution in [0.4, 0.5) is 0 Å². The van der Waals surface area contributed by atoms with E-state index >= 15 is 0 Å². The fourth-order valence-electron chi connectivity index (χ4n) is 0. The zero-order chi connectivity index (χ0) is 4.28. The number of nitrogens with zero attached hydrogens (tertiary/aromatic N) is 1. The minimum absolute atomic E-state index is 0. The van der Waals surface area contributed by atoms with E-state index in [1.807, 2.05) is 0 Å². The summed E-state index contributed by atoms with van der Waals surface area (Å²) in [5.74, 6) is 0. The Kier molecular flexibility index (Phi) is 8.76. The molecule has 0 aromatic rings.